The standard InChI is InChI=1S/C7H14N6O2/c1-5(11-13-7(15)9-3)4-10-12-6(14)8-2/h4H,1-3H3,(H2,8,12,14)(H2,9,13,15). The molecule has 4 N–H and O–H groups in total. The van der Waals surface area contributed by atoms with Crippen molar-refractivity contribution in [3.8, 4) is 0 Å². The molecule has 8 nitrogen and oxygen atoms in total. The first-order valence-corrected chi connectivity index (χ1v) is 4.13. The number of hydrazone groups is 2. The Hall–Kier alpha value is -2.12. The summed E-state index contributed by atoms with van der Waals surface area (Å²) in [5.74, 6) is 0. The van der Waals surface area contributed by atoms with Gasteiger partial charge in [0.05, 0.1) is 11.9 Å². The van der Waals surface area contributed by atoms with Crippen molar-refractivity contribution in [2.45, 2.75) is 6.92 Å². The molecule has 0 spiro atoms. The van der Waals surface area contributed by atoms with E-state index < -0.39 is 12.1 Å². The Labute approximate surface area is 87.2 Å². The monoisotopic (exact) mass is 214 g/mol. The van der Waals surface area contributed by atoms with E-state index >= 15 is 0 Å². The first-order chi connectivity index (χ1) is 7.10. The highest BCUT2D eigenvalue weighted by Crippen LogP contribution is 1.71. The Bertz CT molecular complexity index is 285. The summed E-state index contributed by atoms with van der Waals surface area (Å²) >= 11 is 0. The van der Waals surface area contributed by atoms with Gasteiger partial charge in [0.1, 0.15) is 0 Å². The Balaban J connectivity index is 3.95. The van der Waals surface area contributed by atoms with Gasteiger partial charge in [-0.15, -0.1) is 0 Å². The molecule has 0 aromatic carbocycles. The molecule has 0 aliphatic rings. The van der Waals surface area contributed by atoms with Crippen LogP contribution in [0.2, 0.25) is 0 Å². The van der Waals surface area contributed by atoms with Crippen LogP contribution < -0.4 is 21.5 Å². The summed E-state index contributed by atoms with van der Waals surface area (Å²) < 4.78 is 0. The van der Waals surface area contributed by atoms with Gasteiger partial charge in [-0.2, -0.15) is 10.2 Å². The Morgan fingerprint density at radius 3 is 2.13 bits per heavy atom. The summed E-state index contributed by atoms with van der Waals surface area (Å²) in [4.78, 5) is 21.3. The van der Waals surface area contributed by atoms with Crippen molar-refractivity contribution in [2.24, 2.45) is 10.2 Å². The molecule has 0 radical (unpaired) electrons. The van der Waals surface area contributed by atoms with Crippen LogP contribution in [0.25, 0.3) is 0 Å². The molecule has 0 saturated heterocycles. The van der Waals surface area contributed by atoms with Crippen molar-refractivity contribution in [3.63, 3.8) is 0 Å². The first-order valence-electron chi connectivity index (χ1n) is 4.13. The van der Waals surface area contributed by atoms with Crippen molar-refractivity contribution >= 4 is 24.0 Å². The zero-order chi connectivity index (χ0) is 11.7. The second-order valence-electron chi connectivity index (χ2n) is 2.39. The SMILES string of the molecule is CNC(=O)NN=CC(C)=NNC(=O)NC. The third-order valence-corrected chi connectivity index (χ3v) is 1.21. The lowest BCUT2D eigenvalue weighted by molar-refractivity contribution is 0.242. The molecule has 0 bridgehead atoms. The van der Waals surface area contributed by atoms with Crippen LogP contribution in [-0.4, -0.2) is 38.1 Å². The van der Waals surface area contributed by atoms with Crippen molar-refractivity contribution in [1.82, 2.24) is 21.5 Å². The van der Waals surface area contributed by atoms with Crippen LogP contribution in [0, 0.1) is 0 Å². The summed E-state index contributed by atoms with van der Waals surface area (Å²) in [7, 11) is 2.94. The number of amides is 4. The summed E-state index contributed by atoms with van der Waals surface area (Å²) in [6, 6.07) is -0.861. The van der Waals surface area contributed by atoms with E-state index in [4.69, 9.17) is 0 Å². The zero-order valence-electron chi connectivity index (χ0n) is 8.79. The molecule has 0 aliphatic carbocycles. The lowest BCUT2D eigenvalue weighted by Crippen LogP contribution is -2.30. The molecule has 0 unspecified atom stereocenters. The number of hydrogen-bond donors (Lipinski definition) is 4. The van der Waals surface area contributed by atoms with E-state index in [9.17, 15) is 9.59 Å². The number of hydrogen-bond acceptors (Lipinski definition) is 4. The van der Waals surface area contributed by atoms with Gasteiger partial charge < -0.3 is 10.6 Å². The molecular formula is C7H14N6O2. The van der Waals surface area contributed by atoms with Gasteiger partial charge in [-0.3, -0.25) is 0 Å². The lowest BCUT2D eigenvalue weighted by atomic mass is 10.5. The highest BCUT2D eigenvalue weighted by molar-refractivity contribution is 6.29. The number of nitrogens with zero attached hydrogens (tertiary/aromatic N) is 2. The minimum absolute atomic E-state index is 0.429. The topological polar surface area (TPSA) is 107 Å². The highest BCUT2D eigenvalue weighted by atomic mass is 16.2. The maximum Gasteiger partial charge on any atom is 0.334 e. The minimum atomic E-state index is -0.432. The molecule has 0 atom stereocenters. The second kappa shape index (κ2) is 7.30. The maximum absolute atomic E-state index is 10.7. The molecule has 15 heavy (non-hydrogen) atoms. The van der Waals surface area contributed by atoms with E-state index in [1.807, 2.05) is 0 Å². The van der Waals surface area contributed by atoms with Gasteiger partial charge >= 0.3 is 12.1 Å². The van der Waals surface area contributed by atoms with E-state index in [1.54, 1.807) is 6.92 Å². The van der Waals surface area contributed by atoms with Gasteiger partial charge in [-0.05, 0) is 6.92 Å². The number of nitrogens with one attached hydrogen (secondary N) is 4. The van der Waals surface area contributed by atoms with E-state index in [2.05, 4.69) is 31.7 Å². The molecule has 0 rings (SSSR count). The Kier molecular flexibility index (Phi) is 6.27. The third-order valence-electron chi connectivity index (χ3n) is 1.21. The van der Waals surface area contributed by atoms with Crippen LogP contribution >= 0.6 is 0 Å². The minimum Gasteiger partial charge on any atom is -0.340 e. The second-order valence-corrected chi connectivity index (χ2v) is 2.39. The third kappa shape index (κ3) is 6.99. The number of rotatable bonds is 3. The van der Waals surface area contributed by atoms with E-state index in [1.165, 1.54) is 20.3 Å². The molecule has 0 heterocycles. The average Bonchev–Trinajstić information content (AvgIpc) is 2.25. The highest BCUT2D eigenvalue weighted by Gasteiger charge is 1.93. The fraction of sp³-hybridized carbons (Fsp3) is 0.429. The van der Waals surface area contributed by atoms with Crippen LogP contribution in [0.1, 0.15) is 6.92 Å². The van der Waals surface area contributed by atoms with Gasteiger partial charge in [0, 0.05) is 14.1 Å². The van der Waals surface area contributed by atoms with Gasteiger partial charge in [0.2, 0.25) is 0 Å². The largest absolute Gasteiger partial charge is 0.340 e. The van der Waals surface area contributed by atoms with Gasteiger partial charge in [0.25, 0.3) is 0 Å². The summed E-state index contributed by atoms with van der Waals surface area (Å²) in [5.41, 5.74) is 4.82. The van der Waals surface area contributed by atoms with Crippen LogP contribution in [0.4, 0.5) is 9.59 Å². The Morgan fingerprint density at radius 2 is 1.60 bits per heavy atom. The fourth-order valence-electron chi connectivity index (χ4n) is 0.464. The summed E-state index contributed by atoms with van der Waals surface area (Å²) in [6.07, 6.45) is 1.30. The maximum atomic E-state index is 10.7. The zero-order valence-corrected chi connectivity index (χ0v) is 8.79. The van der Waals surface area contributed by atoms with Gasteiger partial charge in [-0.25, -0.2) is 20.4 Å². The predicted molar refractivity (Wildman–Crippen MR) is 56.8 cm³/mol. The molecule has 0 saturated carbocycles. The van der Waals surface area contributed by atoms with Crippen molar-refractivity contribution in [1.29, 1.82) is 0 Å². The van der Waals surface area contributed by atoms with Crippen LogP contribution in [0.15, 0.2) is 10.2 Å². The van der Waals surface area contributed by atoms with Gasteiger partial charge in [0.15, 0.2) is 0 Å². The summed E-state index contributed by atoms with van der Waals surface area (Å²) in [6.45, 7) is 1.62. The van der Waals surface area contributed by atoms with Crippen LogP contribution in [0.5, 0.6) is 0 Å². The smallest absolute Gasteiger partial charge is 0.334 e. The van der Waals surface area contributed by atoms with Crippen molar-refractivity contribution < 1.29 is 9.59 Å². The predicted octanol–water partition coefficient (Wildman–Crippen LogP) is -0.794. The first kappa shape index (κ1) is 12.9. The van der Waals surface area contributed by atoms with Crippen molar-refractivity contribution in [2.75, 3.05) is 14.1 Å². The Morgan fingerprint density at radius 1 is 1.07 bits per heavy atom. The average molecular weight is 214 g/mol. The van der Waals surface area contributed by atoms with E-state index in [0.29, 0.717) is 5.71 Å². The molecule has 0 aromatic heterocycles. The van der Waals surface area contributed by atoms with Crippen LogP contribution in [-0.2, 0) is 0 Å². The number of carbonyl (C=O) groups is 2. The molecule has 4 amide bonds. The normalized spacial score (nSPS) is 11.0. The molecule has 0 aromatic rings. The number of carbonyl (C=O) groups excluding carboxylic acids is 2. The van der Waals surface area contributed by atoms with E-state index in [-0.39, 0.29) is 0 Å². The van der Waals surface area contributed by atoms with Gasteiger partial charge in [-0.1, -0.05) is 0 Å². The van der Waals surface area contributed by atoms with E-state index in [0.717, 1.165) is 0 Å². The van der Waals surface area contributed by atoms with Crippen LogP contribution in [0.3, 0.4) is 0 Å². The quantitative estimate of drug-likeness (QED) is 0.365. The molecular weight excluding hydrogens is 200 g/mol. The fourth-order valence-corrected chi connectivity index (χ4v) is 0.464. The molecule has 8 heteroatoms. The van der Waals surface area contributed by atoms with Crippen molar-refractivity contribution in [3.05, 3.63) is 0 Å². The molecule has 0 fully saturated rings. The number of urea groups is 2. The molecule has 0 aliphatic heterocycles. The lowest BCUT2D eigenvalue weighted by Gasteiger charge is -1.98. The molecule has 84 valence electrons. The summed E-state index contributed by atoms with van der Waals surface area (Å²) in [5, 5.41) is 11.8.